The average Bonchev–Trinajstić information content (AvgIpc) is 3.02. The number of hydrogen-bond acceptors (Lipinski definition) is 3. The summed E-state index contributed by atoms with van der Waals surface area (Å²) in [4.78, 5) is 20.4. The number of aromatic nitrogens is 1. The topological polar surface area (TPSA) is 60.2 Å². The number of amides is 2. The Morgan fingerprint density at radius 2 is 1.94 bits per heavy atom. The molecule has 1 aliphatic carbocycles. The molecule has 170 valence electrons. The quantitative estimate of drug-likeness (QED) is 0.602. The van der Waals surface area contributed by atoms with Crippen LogP contribution < -0.4 is 4.90 Å². The summed E-state index contributed by atoms with van der Waals surface area (Å²) in [5.41, 5.74) is 0.255. The van der Waals surface area contributed by atoms with Crippen molar-refractivity contribution in [1.82, 2.24) is 9.88 Å². The van der Waals surface area contributed by atoms with Crippen LogP contribution in [0.3, 0.4) is 0 Å². The van der Waals surface area contributed by atoms with E-state index in [2.05, 4.69) is 17.1 Å². The molecule has 2 amide bonds. The van der Waals surface area contributed by atoms with Gasteiger partial charge in [-0.3, -0.25) is 9.88 Å². The molecule has 1 fully saturated rings. The number of anilines is 1. The van der Waals surface area contributed by atoms with Gasteiger partial charge in [0.05, 0.1) is 29.3 Å². The van der Waals surface area contributed by atoms with Gasteiger partial charge in [-0.05, 0) is 67.7 Å². The van der Waals surface area contributed by atoms with Gasteiger partial charge >= 0.3 is 12.2 Å². The van der Waals surface area contributed by atoms with Crippen molar-refractivity contribution in [2.45, 2.75) is 32.0 Å². The SMILES string of the molecule is CC1(C)CN(c2ccc(C#N)c(C(F)(F)F)c2)C(=O)N1CC1C=CC(c2ccncc2)=CC1. The highest BCUT2D eigenvalue weighted by Crippen LogP contribution is 2.38. The summed E-state index contributed by atoms with van der Waals surface area (Å²) in [5, 5.41) is 9.04. The van der Waals surface area contributed by atoms with Crippen molar-refractivity contribution < 1.29 is 18.0 Å². The minimum atomic E-state index is -4.68. The van der Waals surface area contributed by atoms with Crippen molar-refractivity contribution in [3.63, 3.8) is 0 Å². The first-order chi connectivity index (χ1) is 15.6. The van der Waals surface area contributed by atoms with Gasteiger partial charge in [-0.1, -0.05) is 18.2 Å². The number of alkyl halides is 3. The van der Waals surface area contributed by atoms with Gasteiger partial charge in [0.1, 0.15) is 0 Å². The third-order valence-electron chi connectivity index (χ3n) is 6.10. The molecule has 2 aromatic rings. The highest BCUT2D eigenvalue weighted by Gasteiger charge is 2.45. The van der Waals surface area contributed by atoms with E-state index in [0.29, 0.717) is 6.54 Å². The molecule has 1 atom stereocenters. The molecule has 0 N–H and O–H groups in total. The van der Waals surface area contributed by atoms with E-state index in [1.807, 2.05) is 32.1 Å². The van der Waals surface area contributed by atoms with Gasteiger partial charge in [0, 0.05) is 24.6 Å². The van der Waals surface area contributed by atoms with E-state index in [9.17, 15) is 18.0 Å². The highest BCUT2D eigenvalue weighted by molar-refractivity contribution is 5.95. The smallest absolute Gasteiger partial charge is 0.317 e. The zero-order valence-corrected chi connectivity index (χ0v) is 18.3. The molecule has 1 saturated heterocycles. The van der Waals surface area contributed by atoms with E-state index in [-0.39, 0.29) is 24.2 Å². The van der Waals surface area contributed by atoms with Crippen LogP contribution in [-0.4, -0.2) is 34.5 Å². The number of hydrogen-bond donors (Lipinski definition) is 0. The Kier molecular flexibility index (Phi) is 5.75. The number of pyridine rings is 1. The number of halogens is 3. The Labute approximate surface area is 190 Å². The lowest BCUT2D eigenvalue weighted by molar-refractivity contribution is -0.137. The number of carbonyl (C=O) groups is 1. The number of allylic oxidation sites excluding steroid dienone is 3. The molecule has 1 aromatic carbocycles. The van der Waals surface area contributed by atoms with Crippen LogP contribution in [0.15, 0.2) is 61.0 Å². The summed E-state index contributed by atoms with van der Waals surface area (Å²) in [6.07, 6.45) is 5.79. The zero-order chi connectivity index (χ0) is 23.8. The summed E-state index contributed by atoms with van der Waals surface area (Å²) >= 11 is 0. The fourth-order valence-corrected chi connectivity index (χ4v) is 4.30. The first kappa shape index (κ1) is 22.6. The van der Waals surface area contributed by atoms with Crippen molar-refractivity contribution in [2.24, 2.45) is 5.92 Å². The molecule has 0 spiro atoms. The Bertz CT molecular complexity index is 1160. The monoisotopic (exact) mass is 452 g/mol. The van der Waals surface area contributed by atoms with Crippen LogP contribution in [0, 0.1) is 17.2 Å². The van der Waals surface area contributed by atoms with Gasteiger partial charge in [0.2, 0.25) is 0 Å². The molecular formula is C25H23F3N4O. The largest absolute Gasteiger partial charge is 0.417 e. The van der Waals surface area contributed by atoms with E-state index in [1.165, 1.54) is 11.0 Å². The lowest BCUT2D eigenvalue weighted by Gasteiger charge is -2.32. The highest BCUT2D eigenvalue weighted by atomic mass is 19.4. The number of nitriles is 1. The third-order valence-corrected chi connectivity index (χ3v) is 6.10. The number of nitrogens with zero attached hydrogens (tertiary/aromatic N) is 4. The molecular weight excluding hydrogens is 429 g/mol. The Hall–Kier alpha value is -3.60. The normalized spacial score (nSPS) is 20.1. The lowest BCUT2D eigenvalue weighted by atomic mass is 9.92. The number of urea groups is 1. The summed E-state index contributed by atoms with van der Waals surface area (Å²) in [7, 11) is 0. The van der Waals surface area contributed by atoms with Crippen LogP contribution in [0.2, 0.25) is 0 Å². The van der Waals surface area contributed by atoms with Crippen LogP contribution in [0.25, 0.3) is 5.57 Å². The average molecular weight is 452 g/mol. The van der Waals surface area contributed by atoms with Gasteiger partial charge in [-0.2, -0.15) is 18.4 Å². The van der Waals surface area contributed by atoms with Crippen molar-refractivity contribution in [3.8, 4) is 6.07 Å². The van der Waals surface area contributed by atoms with Crippen LogP contribution in [0.5, 0.6) is 0 Å². The van der Waals surface area contributed by atoms with E-state index >= 15 is 0 Å². The second-order valence-corrected chi connectivity index (χ2v) is 8.88. The minimum absolute atomic E-state index is 0.102. The molecule has 4 rings (SSSR count). The van der Waals surface area contributed by atoms with E-state index in [1.54, 1.807) is 23.4 Å². The molecule has 5 nitrogen and oxygen atoms in total. The fourth-order valence-electron chi connectivity index (χ4n) is 4.30. The Morgan fingerprint density at radius 3 is 2.55 bits per heavy atom. The summed E-state index contributed by atoms with van der Waals surface area (Å²) in [5.74, 6) is 0.102. The third kappa shape index (κ3) is 4.49. The van der Waals surface area contributed by atoms with E-state index in [0.717, 1.165) is 29.7 Å². The predicted octanol–water partition coefficient (Wildman–Crippen LogP) is 5.65. The maximum atomic E-state index is 13.4. The predicted molar refractivity (Wildman–Crippen MR) is 119 cm³/mol. The Morgan fingerprint density at radius 1 is 1.21 bits per heavy atom. The molecule has 2 aliphatic rings. The number of rotatable bonds is 4. The number of carbonyl (C=O) groups excluding carboxylic acids is 1. The molecule has 0 bridgehead atoms. The van der Waals surface area contributed by atoms with Crippen molar-refractivity contribution in [1.29, 1.82) is 5.26 Å². The first-order valence-corrected chi connectivity index (χ1v) is 10.6. The summed E-state index contributed by atoms with van der Waals surface area (Å²) in [6.45, 7) is 4.53. The number of benzene rings is 1. The van der Waals surface area contributed by atoms with Crippen LogP contribution >= 0.6 is 0 Å². The van der Waals surface area contributed by atoms with Gasteiger partial charge in [0.15, 0.2) is 0 Å². The van der Waals surface area contributed by atoms with Crippen LogP contribution in [0.1, 0.15) is 37.0 Å². The van der Waals surface area contributed by atoms with E-state index < -0.39 is 22.8 Å². The Balaban J connectivity index is 1.52. The fraction of sp³-hybridized carbons (Fsp3) is 0.320. The van der Waals surface area contributed by atoms with Crippen LogP contribution in [-0.2, 0) is 6.18 Å². The second-order valence-electron chi connectivity index (χ2n) is 8.88. The maximum Gasteiger partial charge on any atom is 0.417 e. The first-order valence-electron chi connectivity index (χ1n) is 10.6. The molecule has 33 heavy (non-hydrogen) atoms. The molecule has 1 unspecified atom stereocenters. The molecule has 2 heterocycles. The molecule has 0 saturated carbocycles. The van der Waals surface area contributed by atoms with Crippen LogP contribution in [0.4, 0.5) is 23.7 Å². The zero-order valence-electron chi connectivity index (χ0n) is 18.3. The molecule has 1 aromatic heterocycles. The van der Waals surface area contributed by atoms with Gasteiger partial charge < -0.3 is 4.90 Å². The summed E-state index contributed by atoms with van der Waals surface area (Å²) < 4.78 is 40.2. The van der Waals surface area contributed by atoms with Gasteiger partial charge in [-0.25, -0.2) is 4.79 Å². The molecule has 8 heteroatoms. The van der Waals surface area contributed by atoms with Gasteiger partial charge in [-0.15, -0.1) is 0 Å². The minimum Gasteiger partial charge on any atom is -0.317 e. The van der Waals surface area contributed by atoms with Crippen molar-refractivity contribution in [3.05, 3.63) is 77.6 Å². The second kappa shape index (κ2) is 8.39. The van der Waals surface area contributed by atoms with Crippen molar-refractivity contribution in [2.75, 3.05) is 18.0 Å². The van der Waals surface area contributed by atoms with Crippen molar-refractivity contribution >= 4 is 17.3 Å². The molecule has 1 aliphatic heterocycles. The van der Waals surface area contributed by atoms with E-state index in [4.69, 9.17) is 5.26 Å². The van der Waals surface area contributed by atoms with Gasteiger partial charge in [0.25, 0.3) is 0 Å². The standard InChI is InChI=1S/C25H23F3N4O/c1-24(2)16-31(21-8-7-20(14-29)22(13-21)25(26,27)28)23(33)32(24)15-17-3-5-18(6-4-17)19-9-11-30-12-10-19/h3,5-13,17H,4,15-16H2,1-2H3. The summed E-state index contributed by atoms with van der Waals surface area (Å²) in [6, 6.07) is 8.52. The maximum absolute atomic E-state index is 13.4. The molecule has 0 radical (unpaired) electrons. The lowest BCUT2D eigenvalue weighted by Crippen LogP contribution is -2.44.